The number of rotatable bonds is 6. The Kier molecular flexibility index (Phi) is 5.47. The number of hydrogen-bond donors (Lipinski definition) is 0. The van der Waals surface area contributed by atoms with Crippen molar-refractivity contribution >= 4 is 7.92 Å². The fourth-order valence-electron chi connectivity index (χ4n) is 3.62. The standard InChI is InChI=1S/C19H33P/c1-9-17(3,4)20(18(5,6)10-2)19(7,8)16-14-12-11-13-15-16/h11-15H,9-10H2,1-8H3. The van der Waals surface area contributed by atoms with Gasteiger partial charge in [-0.2, -0.15) is 0 Å². The van der Waals surface area contributed by atoms with Gasteiger partial charge in [-0.1, -0.05) is 93.6 Å². The Morgan fingerprint density at radius 3 is 1.50 bits per heavy atom. The van der Waals surface area contributed by atoms with Crippen LogP contribution in [0.15, 0.2) is 30.3 Å². The van der Waals surface area contributed by atoms with E-state index in [1.54, 1.807) is 0 Å². The summed E-state index contributed by atoms with van der Waals surface area (Å²) >= 11 is 0. The van der Waals surface area contributed by atoms with Gasteiger partial charge in [0.05, 0.1) is 0 Å². The van der Waals surface area contributed by atoms with Crippen molar-refractivity contribution in [3.8, 4) is 0 Å². The smallest absolute Gasteiger partial charge is 0.0108 e. The Bertz CT molecular complexity index is 399. The quantitative estimate of drug-likeness (QED) is 0.507. The van der Waals surface area contributed by atoms with Gasteiger partial charge in [0.25, 0.3) is 0 Å². The monoisotopic (exact) mass is 292 g/mol. The van der Waals surface area contributed by atoms with Crippen molar-refractivity contribution in [3.63, 3.8) is 0 Å². The number of benzene rings is 1. The van der Waals surface area contributed by atoms with Crippen LogP contribution in [0.25, 0.3) is 0 Å². The summed E-state index contributed by atoms with van der Waals surface area (Å²) in [6.45, 7) is 19.5. The molecular weight excluding hydrogens is 259 g/mol. The molecule has 0 bridgehead atoms. The van der Waals surface area contributed by atoms with Gasteiger partial charge in [0, 0.05) is 5.16 Å². The summed E-state index contributed by atoms with van der Waals surface area (Å²) in [7, 11) is -0.167. The molecular formula is C19H33P. The van der Waals surface area contributed by atoms with Gasteiger partial charge in [0.2, 0.25) is 0 Å². The molecule has 0 saturated heterocycles. The van der Waals surface area contributed by atoms with Gasteiger partial charge in [0.1, 0.15) is 0 Å². The lowest BCUT2D eigenvalue weighted by atomic mass is 10.0. The largest absolute Gasteiger partial charge is 0.0847 e. The number of hydrogen-bond acceptors (Lipinski definition) is 0. The molecule has 0 aliphatic heterocycles. The van der Waals surface area contributed by atoms with E-state index in [1.165, 1.54) is 18.4 Å². The van der Waals surface area contributed by atoms with E-state index in [-0.39, 0.29) is 13.1 Å². The summed E-state index contributed by atoms with van der Waals surface area (Å²) in [5, 5.41) is 1.04. The van der Waals surface area contributed by atoms with E-state index in [0.29, 0.717) is 10.3 Å². The van der Waals surface area contributed by atoms with Gasteiger partial charge in [0.15, 0.2) is 0 Å². The lowest BCUT2D eigenvalue weighted by Gasteiger charge is -2.53. The Balaban J connectivity index is 3.38. The first-order chi connectivity index (χ1) is 9.09. The molecule has 1 aromatic rings. The molecule has 1 aromatic carbocycles. The minimum atomic E-state index is -0.167. The zero-order chi connectivity index (χ0) is 15.6. The molecule has 0 nitrogen and oxygen atoms in total. The van der Waals surface area contributed by atoms with Gasteiger partial charge in [-0.05, 0) is 28.7 Å². The minimum Gasteiger partial charge on any atom is -0.0847 e. The highest BCUT2D eigenvalue weighted by Gasteiger charge is 2.47. The Hall–Kier alpha value is -0.350. The molecule has 114 valence electrons. The molecule has 0 fully saturated rings. The SMILES string of the molecule is CCC(C)(C)P(C(C)(C)CC)C(C)(C)c1ccccc1. The molecule has 0 unspecified atom stereocenters. The third kappa shape index (κ3) is 3.45. The molecule has 0 aliphatic carbocycles. The molecule has 1 heteroatoms. The Morgan fingerprint density at radius 2 is 1.15 bits per heavy atom. The maximum absolute atomic E-state index is 2.47. The third-order valence-electron chi connectivity index (χ3n) is 4.98. The van der Waals surface area contributed by atoms with Crippen LogP contribution in [0.4, 0.5) is 0 Å². The normalized spacial score (nSPS) is 13.8. The molecule has 0 heterocycles. The second-order valence-electron chi connectivity index (χ2n) is 7.59. The second kappa shape index (κ2) is 6.18. The van der Waals surface area contributed by atoms with Crippen LogP contribution in [0.3, 0.4) is 0 Å². The van der Waals surface area contributed by atoms with Crippen molar-refractivity contribution in [3.05, 3.63) is 35.9 Å². The van der Waals surface area contributed by atoms with E-state index in [1.807, 2.05) is 0 Å². The Morgan fingerprint density at radius 1 is 0.750 bits per heavy atom. The molecule has 1 rings (SSSR count). The van der Waals surface area contributed by atoms with E-state index < -0.39 is 0 Å². The maximum atomic E-state index is 2.47. The van der Waals surface area contributed by atoms with Crippen molar-refractivity contribution in [1.29, 1.82) is 0 Å². The van der Waals surface area contributed by atoms with E-state index >= 15 is 0 Å². The fraction of sp³-hybridized carbons (Fsp3) is 0.684. The predicted molar refractivity (Wildman–Crippen MR) is 95.1 cm³/mol. The van der Waals surface area contributed by atoms with E-state index in [9.17, 15) is 0 Å². The fourth-order valence-corrected chi connectivity index (χ4v) is 9.33. The van der Waals surface area contributed by atoms with Crippen LogP contribution in [0.1, 0.15) is 73.8 Å². The summed E-state index contributed by atoms with van der Waals surface area (Å²) in [4.78, 5) is 0. The van der Waals surface area contributed by atoms with Crippen molar-refractivity contribution in [1.82, 2.24) is 0 Å². The molecule has 0 amide bonds. The molecule has 0 N–H and O–H groups in total. The van der Waals surface area contributed by atoms with E-state index in [0.717, 1.165) is 0 Å². The molecule has 0 radical (unpaired) electrons. The first-order valence-electron chi connectivity index (χ1n) is 7.95. The predicted octanol–water partition coefficient (Wildman–Crippen LogP) is 6.78. The van der Waals surface area contributed by atoms with Gasteiger partial charge in [-0.15, -0.1) is 0 Å². The highest BCUT2D eigenvalue weighted by Crippen LogP contribution is 2.72. The maximum Gasteiger partial charge on any atom is 0.0108 e. The van der Waals surface area contributed by atoms with Crippen LogP contribution in [0.2, 0.25) is 0 Å². The van der Waals surface area contributed by atoms with Gasteiger partial charge in [-0.25, -0.2) is 0 Å². The summed E-state index contributed by atoms with van der Waals surface area (Å²) in [6.07, 6.45) is 2.50. The zero-order valence-corrected chi connectivity index (χ0v) is 15.6. The summed E-state index contributed by atoms with van der Waals surface area (Å²) in [5.41, 5.74) is 1.49. The van der Waals surface area contributed by atoms with Crippen LogP contribution in [-0.2, 0) is 5.16 Å². The van der Waals surface area contributed by atoms with Crippen LogP contribution in [-0.4, -0.2) is 10.3 Å². The van der Waals surface area contributed by atoms with Crippen LogP contribution in [0, 0.1) is 0 Å². The summed E-state index contributed by atoms with van der Waals surface area (Å²) in [5.74, 6) is 0. The van der Waals surface area contributed by atoms with Crippen LogP contribution >= 0.6 is 7.92 Å². The van der Waals surface area contributed by atoms with Crippen molar-refractivity contribution in [2.75, 3.05) is 0 Å². The second-order valence-corrected chi connectivity index (χ2v) is 11.8. The van der Waals surface area contributed by atoms with E-state index in [4.69, 9.17) is 0 Å². The lowest BCUT2D eigenvalue weighted by molar-refractivity contribution is 0.564. The van der Waals surface area contributed by atoms with Gasteiger partial charge in [-0.3, -0.25) is 0 Å². The summed E-state index contributed by atoms with van der Waals surface area (Å²) in [6, 6.07) is 11.1. The third-order valence-corrected chi connectivity index (χ3v) is 9.41. The molecule has 20 heavy (non-hydrogen) atoms. The van der Waals surface area contributed by atoms with Gasteiger partial charge >= 0.3 is 0 Å². The van der Waals surface area contributed by atoms with Crippen molar-refractivity contribution in [2.45, 2.75) is 83.7 Å². The molecule has 0 aromatic heterocycles. The molecule has 0 spiro atoms. The average Bonchev–Trinajstić information content (AvgIpc) is 2.39. The minimum absolute atomic E-state index is 0.167. The molecule has 0 atom stereocenters. The first kappa shape index (κ1) is 17.7. The average molecular weight is 292 g/mol. The van der Waals surface area contributed by atoms with Crippen LogP contribution in [0.5, 0.6) is 0 Å². The highest BCUT2D eigenvalue weighted by atomic mass is 31.1. The van der Waals surface area contributed by atoms with Crippen molar-refractivity contribution < 1.29 is 0 Å². The summed E-state index contributed by atoms with van der Waals surface area (Å²) < 4.78 is 0. The lowest BCUT2D eigenvalue weighted by Crippen LogP contribution is -2.38. The Labute approximate surface area is 128 Å². The van der Waals surface area contributed by atoms with Crippen LogP contribution < -0.4 is 0 Å². The first-order valence-corrected chi connectivity index (χ1v) is 9.29. The van der Waals surface area contributed by atoms with E-state index in [2.05, 4.69) is 85.7 Å². The molecule has 0 aliphatic rings. The zero-order valence-electron chi connectivity index (χ0n) is 14.7. The van der Waals surface area contributed by atoms with Crippen molar-refractivity contribution in [2.24, 2.45) is 0 Å². The van der Waals surface area contributed by atoms with Gasteiger partial charge < -0.3 is 0 Å². The topological polar surface area (TPSA) is 0 Å². The molecule has 0 saturated carbocycles. The highest BCUT2D eigenvalue weighted by molar-refractivity contribution is 7.62.